The van der Waals surface area contributed by atoms with E-state index < -0.39 is 5.82 Å². The van der Waals surface area contributed by atoms with Gasteiger partial charge in [-0.25, -0.2) is 4.39 Å². The van der Waals surface area contributed by atoms with Crippen LogP contribution in [-0.4, -0.2) is 10.1 Å². The zero-order valence-corrected chi connectivity index (χ0v) is 8.97. The highest BCUT2D eigenvalue weighted by molar-refractivity contribution is 7.07. The Morgan fingerprint density at radius 3 is 2.88 bits per heavy atom. The third-order valence-electron chi connectivity index (χ3n) is 1.98. The highest BCUT2D eigenvalue weighted by Gasteiger charge is 2.01. The summed E-state index contributed by atoms with van der Waals surface area (Å²) in [4.78, 5) is 13.8. The van der Waals surface area contributed by atoms with Crippen LogP contribution in [0.25, 0.3) is 12.7 Å². The molecule has 0 saturated carbocycles. The van der Waals surface area contributed by atoms with E-state index in [1.54, 1.807) is 0 Å². The fourth-order valence-corrected chi connectivity index (χ4v) is 2.01. The lowest BCUT2D eigenvalue weighted by atomic mass is 10.2. The van der Waals surface area contributed by atoms with Gasteiger partial charge in [0, 0.05) is 5.56 Å². The maximum absolute atomic E-state index is 13.3. The Bertz CT molecular complexity index is 687. The van der Waals surface area contributed by atoms with Crippen molar-refractivity contribution >= 4 is 24.0 Å². The number of nitrogens with one attached hydrogen (secondary N) is 1. The maximum atomic E-state index is 13.3. The SMILES string of the molecule is C=c1[nH]c(=O)/c(=C/c2cc(O)ccc2F)s1. The van der Waals surface area contributed by atoms with E-state index in [0.717, 1.165) is 17.4 Å². The van der Waals surface area contributed by atoms with Gasteiger partial charge in [-0.3, -0.25) is 4.79 Å². The lowest BCUT2D eigenvalue weighted by Crippen LogP contribution is -2.19. The van der Waals surface area contributed by atoms with E-state index in [9.17, 15) is 14.3 Å². The van der Waals surface area contributed by atoms with Crippen molar-refractivity contribution in [2.75, 3.05) is 0 Å². The first-order chi connectivity index (χ1) is 7.56. The molecule has 2 aromatic rings. The number of benzene rings is 1. The molecule has 82 valence electrons. The molecule has 0 bridgehead atoms. The molecule has 1 heterocycles. The van der Waals surface area contributed by atoms with Gasteiger partial charge in [0.1, 0.15) is 11.6 Å². The van der Waals surface area contributed by atoms with E-state index in [1.165, 1.54) is 18.2 Å². The molecule has 0 aliphatic rings. The van der Waals surface area contributed by atoms with Gasteiger partial charge >= 0.3 is 0 Å². The highest BCUT2D eigenvalue weighted by atomic mass is 32.1. The topological polar surface area (TPSA) is 53.1 Å². The molecule has 5 heteroatoms. The molecule has 2 rings (SSSR count). The fraction of sp³-hybridized carbons (Fsp3) is 0. The van der Waals surface area contributed by atoms with Crippen LogP contribution in [0.3, 0.4) is 0 Å². The molecule has 16 heavy (non-hydrogen) atoms. The summed E-state index contributed by atoms with van der Waals surface area (Å²) in [6.07, 6.45) is 1.38. The molecule has 0 saturated heterocycles. The van der Waals surface area contributed by atoms with Crippen LogP contribution in [0.1, 0.15) is 5.56 Å². The Morgan fingerprint density at radius 1 is 1.50 bits per heavy atom. The minimum absolute atomic E-state index is 0.0459. The predicted molar refractivity (Wildman–Crippen MR) is 61.3 cm³/mol. The number of hydrogen-bond acceptors (Lipinski definition) is 3. The van der Waals surface area contributed by atoms with Gasteiger partial charge < -0.3 is 10.1 Å². The van der Waals surface area contributed by atoms with E-state index >= 15 is 0 Å². The predicted octanol–water partition coefficient (Wildman–Crippen LogP) is 0.520. The molecule has 0 atom stereocenters. The number of rotatable bonds is 1. The van der Waals surface area contributed by atoms with E-state index in [0.29, 0.717) is 9.20 Å². The molecule has 0 aliphatic carbocycles. The summed E-state index contributed by atoms with van der Waals surface area (Å²) < 4.78 is 14.2. The minimum atomic E-state index is -0.490. The fourth-order valence-electron chi connectivity index (χ4n) is 1.27. The van der Waals surface area contributed by atoms with Gasteiger partial charge in [-0.2, -0.15) is 0 Å². The average molecular weight is 237 g/mol. The van der Waals surface area contributed by atoms with Crippen molar-refractivity contribution in [3.05, 3.63) is 49.1 Å². The monoisotopic (exact) mass is 237 g/mol. The van der Waals surface area contributed by atoms with Gasteiger partial charge in [-0.05, 0) is 24.3 Å². The van der Waals surface area contributed by atoms with Crippen molar-refractivity contribution < 1.29 is 9.50 Å². The van der Waals surface area contributed by atoms with Gasteiger partial charge in [0.15, 0.2) is 0 Å². The van der Waals surface area contributed by atoms with Crippen LogP contribution in [0.2, 0.25) is 0 Å². The molecule has 2 N–H and O–H groups in total. The van der Waals surface area contributed by atoms with Gasteiger partial charge in [-0.1, -0.05) is 6.58 Å². The van der Waals surface area contributed by atoms with E-state index in [2.05, 4.69) is 11.6 Å². The van der Waals surface area contributed by atoms with Gasteiger partial charge in [0.05, 0.1) is 9.20 Å². The molecule has 3 nitrogen and oxygen atoms in total. The maximum Gasteiger partial charge on any atom is 0.266 e. The Labute approximate surface area is 93.8 Å². The van der Waals surface area contributed by atoms with Gasteiger partial charge in [0.25, 0.3) is 5.56 Å². The summed E-state index contributed by atoms with van der Waals surface area (Å²) in [5.74, 6) is -0.535. The Kier molecular flexibility index (Phi) is 2.62. The van der Waals surface area contributed by atoms with Crippen LogP contribution in [0, 0.1) is 5.82 Å². The number of H-pyrrole nitrogens is 1. The largest absolute Gasteiger partial charge is 0.508 e. The molecule has 0 spiro atoms. The third-order valence-corrected chi connectivity index (χ3v) is 2.85. The van der Waals surface area contributed by atoms with Crippen LogP contribution in [0.4, 0.5) is 4.39 Å². The standard InChI is InChI=1S/C11H8FNO2S/c1-6-13-11(15)10(16-6)5-7-4-8(14)2-3-9(7)12/h2-5,14H,1H2,(H,13,15)/b10-5-. The van der Waals surface area contributed by atoms with Crippen LogP contribution in [0.15, 0.2) is 23.0 Å². The minimum Gasteiger partial charge on any atom is -0.508 e. The second-order valence-corrected chi connectivity index (χ2v) is 4.33. The van der Waals surface area contributed by atoms with Crippen molar-refractivity contribution in [2.24, 2.45) is 0 Å². The smallest absolute Gasteiger partial charge is 0.266 e. The summed E-state index contributed by atoms with van der Waals surface area (Å²) in [6.45, 7) is 3.58. The van der Waals surface area contributed by atoms with Crippen molar-refractivity contribution in [3.8, 4) is 5.75 Å². The van der Waals surface area contributed by atoms with Gasteiger partial charge in [-0.15, -0.1) is 11.3 Å². The van der Waals surface area contributed by atoms with E-state index in [1.807, 2.05) is 0 Å². The summed E-state index contributed by atoms with van der Waals surface area (Å²) in [5.41, 5.74) is -0.134. The molecule has 0 fully saturated rings. The number of aromatic hydroxyl groups is 1. The number of aromatic amines is 1. The van der Waals surface area contributed by atoms with E-state index in [-0.39, 0.29) is 16.9 Å². The van der Waals surface area contributed by atoms with Crippen molar-refractivity contribution in [1.82, 2.24) is 4.98 Å². The highest BCUT2D eigenvalue weighted by Crippen LogP contribution is 2.15. The Morgan fingerprint density at radius 2 is 2.25 bits per heavy atom. The summed E-state index contributed by atoms with van der Waals surface area (Å²) in [7, 11) is 0. The zero-order chi connectivity index (χ0) is 11.7. The normalized spacial score (nSPS) is 11.9. The molecule has 1 aromatic carbocycles. The lowest BCUT2D eigenvalue weighted by Gasteiger charge is -1.96. The second-order valence-electron chi connectivity index (χ2n) is 3.19. The first kappa shape index (κ1) is 10.6. The van der Waals surface area contributed by atoms with Crippen molar-refractivity contribution in [2.45, 2.75) is 0 Å². The second kappa shape index (κ2) is 3.94. The van der Waals surface area contributed by atoms with Crippen molar-refractivity contribution in [3.63, 3.8) is 0 Å². The Balaban J connectivity index is 2.67. The summed E-state index contributed by atoms with van der Waals surface area (Å²) >= 11 is 1.14. The molecule has 0 aliphatic heterocycles. The van der Waals surface area contributed by atoms with Crippen molar-refractivity contribution in [1.29, 1.82) is 0 Å². The zero-order valence-electron chi connectivity index (χ0n) is 8.16. The number of phenols is 1. The number of thiazole rings is 1. The first-order valence-corrected chi connectivity index (χ1v) is 5.26. The first-order valence-electron chi connectivity index (χ1n) is 4.44. The lowest BCUT2D eigenvalue weighted by molar-refractivity contribution is 0.473. The summed E-state index contributed by atoms with van der Waals surface area (Å²) in [5, 5.41) is 9.21. The van der Waals surface area contributed by atoms with E-state index in [4.69, 9.17) is 0 Å². The molecule has 1 aromatic heterocycles. The molecular formula is C11H8FNO2S. The number of halogens is 1. The quantitative estimate of drug-likeness (QED) is 0.759. The molecule has 0 radical (unpaired) electrons. The van der Waals surface area contributed by atoms with Crippen LogP contribution in [0.5, 0.6) is 5.75 Å². The van der Waals surface area contributed by atoms with Gasteiger partial charge in [0.2, 0.25) is 0 Å². The average Bonchev–Trinajstić information content (AvgIpc) is 2.51. The number of aromatic nitrogens is 1. The summed E-state index contributed by atoms with van der Waals surface area (Å²) in [6, 6.07) is 3.66. The number of hydrogen-bond donors (Lipinski definition) is 2. The van der Waals surface area contributed by atoms with Crippen LogP contribution >= 0.6 is 11.3 Å². The van der Waals surface area contributed by atoms with Crippen LogP contribution in [-0.2, 0) is 0 Å². The number of phenolic OH excluding ortho intramolecular Hbond substituents is 1. The third kappa shape index (κ3) is 2.04. The van der Waals surface area contributed by atoms with Crippen LogP contribution < -0.4 is 14.8 Å². The Hall–Kier alpha value is -1.88. The molecule has 0 amide bonds. The molecule has 0 unspecified atom stereocenters. The molecular weight excluding hydrogens is 229 g/mol.